The Morgan fingerprint density at radius 1 is 1.06 bits per heavy atom. The molecule has 1 fully saturated rings. The van der Waals surface area contributed by atoms with Crippen molar-refractivity contribution in [2.75, 3.05) is 26.2 Å². The first kappa shape index (κ1) is 39.0. The SMILES string of the molecule is Cc1c(OCCCN2CCC(O)CC2)cccc1-c1cccc2c1CCC2Oc1cc(OCc2cncc(C#N)c2)c(CC[C@@H](O)[C@H](N)C(=O)O)cc1Cl. The van der Waals surface area contributed by atoms with Gasteiger partial charge in [0.05, 0.1) is 29.4 Å². The molecule has 4 aromatic rings. The van der Waals surface area contributed by atoms with Crippen molar-refractivity contribution < 1.29 is 34.3 Å². The number of piperidine rings is 1. The van der Waals surface area contributed by atoms with Gasteiger partial charge in [-0.05, 0) is 103 Å². The van der Waals surface area contributed by atoms with Crippen molar-refractivity contribution in [2.45, 2.75) is 82.8 Å². The normalized spacial score (nSPS) is 17.0. The number of aryl methyl sites for hydroxylation is 1. The molecular weight excluding hydrogens is 708 g/mol. The summed E-state index contributed by atoms with van der Waals surface area (Å²) in [6.45, 7) is 5.65. The number of hydrogen-bond donors (Lipinski definition) is 4. The van der Waals surface area contributed by atoms with E-state index in [0.29, 0.717) is 39.8 Å². The minimum Gasteiger partial charge on any atom is -0.493 e. The van der Waals surface area contributed by atoms with Crippen molar-refractivity contribution in [1.82, 2.24) is 9.88 Å². The number of carboxylic acid groups (broad SMARTS) is 1. The van der Waals surface area contributed by atoms with Crippen LogP contribution < -0.4 is 19.9 Å². The number of halogens is 1. The quantitative estimate of drug-likeness (QED) is 0.0967. The number of aromatic nitrogens is 1. The lowest BCUT2D eigenvalue weighted by Gasteiger charge is -2.29. The number of hydrogen-bond acceptors (Lipinski definition) is 10. The molecule has 5 N–H and O–H groups in total. The summed E-state index contributed by atoms with van der Waals surface area (Å²) in [6, 6.07) is 18.3. The Morgan fingerprint density at radius 3 is 2.61 bits per heavy atom. The first-order valence-corrected chi connectivity index (χ1v) is 18.9. The summed E-state index contributed by atoms with van der Waals surface area (Å²) in [7, 11) is 0. The topological polar surface area (TPSA) is 171 Å². The molecule has 3 atom stereocenters. The van der Waals surface area contributed by atoms with E-state index < -0.39 is 18.1 Å². The predicted octanol–water partition coefficient (Wildman–Crippen LogP) is 6.16. The highest BCUT2D eigenvalue weighted by atomic mass is 35.5. The zero-order chi connectivity index (χ0) is 38.2. The average molecular weight is 755 g/mol. The molecule has 2 heterocycles. The molecule has 54 heavy (non-hydrogen) atoms. The second-order valence-electron chi connectivity index (χ2n) is 14.1. The molecule has 284 valence electrons. The molecule has 0 bridgehead atoms. The predicted molar refractivity (Wildman–Crippen MR) is 205 cm³/mol. The fraction of sp³-hybridized carbons (Fsp3) is 0.405. The van der Waals surface area contributed by atoms with Crippen LogP contribution in [0.1, 0.15) is 71.6 Å². The number of aliphatic hydroxyl groups excluding tert-OH is 2. The van der Waals surface area contributed by atoms with Gasteiger partial charge in [-0.1, -0.05) is 41.9 Å². The lowest BCUT2D eigenvalue weighted by molar-refractivity contribution is -0.141. The van der Waals surface area contributed by atoms with Gasteiger partial charge in [-0.3, -0.25) is 9.78 Å². The van der Waals surface area contributed by atoms with Crippen LogP contribution in [0.4, 0.5) is 0 Å². The van der Waals surface area contributed by atoms with Gasteiger partial charge in [-0.2, -0.15) is 5.26 Å². The monoisotopic (exact) mass is 754 g/mol. The van der Waals surface area contributed by atoms with E-state index in [9.17, 15) is 25.4 Å². The van der Waals surface area contributed by atoms with Crippen LogP contribution in [-0.4, -0.2) is 75.7 Å². The maximum atomic E-state index is 11.3. The zero-order valence-electron chi connectivity index (χ0n) is 30.4. The highest BCUT2D eigenvalue weighted by Crippen LogP contribution is 2.44. The van der Waals surface area contributed by atoms with Crippen molar-refractivity contribution in [2.24, 2.45) is 5.73 Å². The summed E-state index contributed by atoms with van der Waals surface area (Å²) in [5.74, 6) is 0.459. The molecule has 0 amide bonds. The molecule has 1 aromatic heterocycles. The number of nitrogens with two attached hydrogens (primary N) is 1. The van der Waals surface area contributed by atoms with Crippen LogP contribution in [0.5, 0.6) is 17.2 Å². The second kappa shape index (κ2) is 18.1. The van der Waals surface area contributed by atoms with Crippen LogP contribution in [0.15, 0.2) is 67.0 Å². The van der Waals surface area contributed by atoms with Crippen LogP contribution in [0.2, 0.25) is 5.02 Å². The first-order valence-electron chi connectivity index (χ1n) is 18.5. The lowest BCUT2D eigenvalue weighted by Crippen LogP contribution is -2.41. The Kier molecular flexibility index (Phi) is 13.1. The van der Waals surface area contributed by atoms with Crippen LogP contribution in [-0.2, 0) is 24.2 Å². The van der Waals surface area contributed by atoms with E-state index in [0.717, 1.165) is 79.7 Å². The van der Waals surface area contributed by atoms with Crippen molar-refractivity contribution in [3.8, 4) is 34.4 Å². The highest BCUT2D eigenvalue weighted by Gasteiger charge is 2.29. The van der Waals surface area contributed by atoms with Crippen molar-refractivity contribution in [3.05, 3.63) is 105 Å². The fourth-order valence-electron chi connectivity index (χ4n) is 7.25. The molecule has 0 saturated carbocycles. The molecule has 6 rings (SSSR count). The number of carboxylic acids is 1. The van der Waals surface area contributed by atoms with Gasteiger partial charge in [0.1, 0.15) is 42.1 Å². The van der Waals surface area contributed by atoms with Crippen molar-refractivity contribution in [1.29, 1.82) is 5.26 Å². The summed E-state index contributed by atoms with van der Waals surface area (Å²) in [5.41, 5.74) is 13.0. The average Bonchev–Trinajstić information content (AvgIpc) is 3.59. The molecule has 11 nitrogen and oxygen atoms in total. The van der Waals surface area contributed by atoms with Gasteiger partial charge in [-0.25, -0.2) is 0 Å². The van der Waals surface area contributed by atoms with Gasteiger partial charge < -0.3 is 40.2 Å². The summed E-state index contributed by atoms with van der Waals surface area (Å²) in [5, 5.41) is 39.1. The summed E-state index contributed by atoms with van der Waals surface area (Å²) in [6.07, 6.45) is 5.84. The van der Waals surface area contributed by atoms with E-state index in [1.54, 1.807) is 24.4 Å². The zero-order valence-corrected chi connectivity index (χ0v) is 31.2. The maximum absolute atomic E-state index is 11.3. The molecule has 2 aliphatic rings. The smallest absolute Gasteiger partial charge is 0.323 e. The number of aliphatic hydroxyl groups is 2. The molecule has 1 saturated heterocycles. The molecule has 1 unspecified atom stereocenters. The number of pyridine rings is 1. The van der Waals surface area contributed by atoms with Gasteiger partial charge in [0.15, 0.2) is 0 Å². The van der Waals surface area contributed by atoms with E-state index in [1.807, 2.05) is 18.2 Å². The number of ether oxygens (including phenoxy) is 3. The molecule has 0 spiro atoms. The number of carbonyl (C=O) groups is 1. The molecular formula is C42H47ClN4O7. The van der Waals surface area contributed by atoms with E-state index in [-0.39, 0.29) is 31.7 Å². The van der Waals surface area contributed by atoms with Crippen LogP contribution in [0.3, 0.4) is 0 Å². The van der Waals surface area contributed by atoms with Crippen LogP contribution >= 0.6 is 11.6 Å². The number of nitriles is 1. The van der Waals surface area contributed by atoms with Crippen molar-refractivity contribution >= 4 is 17.6 Å². The van der Waals surface area contributed by atoms with Gasteiger partial charge in [0, 0.05) is 43.7 Å². The maximum Gasteiger partial charge on any atom is 0.323 e. The number of rotatable bonds is 16. The Morgan fingerprint density at radius 2 is 1.83 bits per heavy atom. The molecule has 12 heteroatoms. The van der Waals surface area contributed by atoms with Crippen LogP contribution in [0.25, 0.3) is 11.1 Å². The van der Waals surface area contributed by atoms with E-state index >= 15 is 0 Å². The number of likely N-dealkylation sites (tertiary alicyclic amines) is 1. The van der Waals surface area contributed by atoms with Crippen molar-refractivity contribution in [3.63, 3.8) is 0 Å². The van der Waals surface area contributed by atoms with E-state index in [2.05, 4.69) is 41.1 Å². The largest absolute Gasteiger partial charge is 0.493 e. The van der Waals surface area contributed by atoms with Gasteiger partial charge in [-0.15, -0.1) is 0 Å². The minimum atomic E-state index is -1.43. The fourth-order valence-corrected chi connectivity index (χ4v) is 7.48. The van der Waals surface area contributed by atoms with Gasteiger partial charge >= 0.3 is 5.97 Å². The minimum absolute atomic E-state index is 0.0701. The highest BCUT2D eigenvalue weighted by molar-refractivity contribution is 6.32. The van der Waals surface area contributed by atoms with Gasteiger partial charge in [0.25, 0.3) is 0 Å². The Bertz CT molecular complexity index is 1980. The first-order chi connectivity index (χ1) is 26.1. The molecule has 1 aliphatic carbocycles. The third kappa shape index (κ3) is 9.50. The van der Waals surface area contributed by atoms with Gasteiger partial charge in [0.2, 0.25) is 0 Å². The van der Waals surface area contributed by atoms with Crippen LogP contribution in [0, 0.1) is 18.3 Å². The lowest BCUT2D eigenvalue weighted by atomic mass is 9.93. The number of aliphatic carboxylic acids is 1. The molecule has 3 aromatic carbocycles. The Hall–Kier alpha value is -4.70. The van der Waals surface area contributed by atoms with E-state index in [4.69, 9.17) is 31.5 Å². The summed E-state index contributed by atoms with van der Waals surface area (Å²) in [4.78, 5) is 17.8. The molecule has 1 aliphatic heterocycles. The van der Waals surface area contributed by atoms with E-state index in [1.165, 1.54) is 11.8 Å². The Balaban J connectivity index is 1.18. The number of fused-ring (bicyclic) bond motifs is 1. The molecule has 0 radical (unpaired) electrons. The third-order valence-electron chi connectivity index (χ3n) is 10.3. The standard InChI is InChI=1S/C42H47ClN4O7/c1-26-31(5-3-8-37(26)52-18-4-15-47-16-13-30(48)14-17-47)32-6-2-7-34-33(32)10-12-38(34)54-40-21-39(53-25-28-19-27(22-44)23-46-24-28)29(20-35(40)43)9-11-36(49)41(45)42(50)51/h2-3,5-8,19-21,23-24,30,36,38,41,48-49H,4,9-18,25,45H2,1H3,(H,50,51)/t36-,38?,41+/m1/s1. The Labute approximate surface area is 320 Å². The number of benzene rings is 3. The third-order valence-corrected chi connectivity index (χ3v) is 10.6. The number of nitrogens with zero attached hydrogens (tertiary/aromatic N) is 3. The summed E-state index contributed by atoms with van der Waals surface area (Å²) < 4.78 is 19.1. The second-order valence-corrected chi connectivity index (χ2v) is 14.5. The summed E-state index contributed by atoms with van der Waals surface area (Å²) >= 11 is 6.82.